The number of aryl methyl sites for hydroxylation is 2. The largest absolute Gasteiger partial charge is 0.507 e. The fourth-order valence-corrected chi connectivity index (χ4v) is 3.18. The van der Waals surface area contributed by atoms with E-state index in [1.807, 2.05) is 53.7 Å². The Kier molecular flexibility index (Phi) is 10.7. The number of furan rings is 1. The lowest BCUT2D eigenvalue weighted by atomic mass is 9.96. The van der Waals surface area contributed by atoms with Crippen molar-refractivity contribution in [2.75, 3.05) is 0 Å². The van der Waals surface area contributed by atoms with E-state index >= 15 is 0 Å². The second kappa shape index (κ2) is 12.7. The molecule has 0 saturated heterocycles. The van der Waals surface area contributed by atoms with E-state index in [1.54, 1.807) is 38.1 Å². The van der Waals surface area contributed by atoms with Gasteiger partial charge in [0.15, 0.2) is 5.78 Å². The number of ketones is 1. The van der Waals surface area contributed by atoms with Gasteiger partial charge in [-0.25, -0.2) is 0 Å². The van der Waals surface area contributed by atoms with E-state index in [1.165, 1.54) is 0 Å². The van der Waals surface area contributed by atoms with E-state index in [4.69, 9.17) is 9.15 Å². The molecule has 3 rings (SSSR count). The lowest BCUT2D eigenvalue weighted by Crippen LogP contribution is -2.17. The van der Waals surface area contributed by atoms with E-state index < -0.39 is 5.97 Å². The Labute approximate surface area is 191 Å². The van der Waals surface area contributed by atoms with Gasteiger partial charge in [0.2, 0.25) is 0 Å². The number of hydrogen-bond acceptors (Lipinski definition) is 5. The van der Waals surface area contributed by atoms with Gasteiger partial charge in [-0.15, -0.1) is 0 Å². The van der Waals surface area contributed by atoms with Gasteiger partial charge in [-0.1, -0.05) is 52.8 Å². The molecule has 0 spiro atoms. The van der Waals surface area contributed by atoms with Gasteiger partial charge in [0, 0.05) is 10.9 Å². The number of rotatable bonds is 6. The SMILES string of the molecule is CC.CC.CC[C@H](C)OC(=O)Cc1oc2ccccc2c1C(=O)c1cc(C)c(O)c(C)c1. The number of esters is 1. The van der Waals surface area contributed by atoms with Gasteiger partial charge in [-0.05, 0) is 56.5 Å². The molecule has 1 aromatic heterocycles. The number of fused-ring (bicyclic) bond motifs is 1. The van der Waals surface area contributed by atoms with Crippen LogP contribution in [0.25, 0.3) is 11.0 Å². The topological polar surface area (TPSA) is 76.7 Å². The lowest BCUT2D eigenvalue weighted by Gasteiger charge is -2.11. The molecule has 5 nitrogen and oxygen atoms in total. The Balaban J connectivity index is 0.00000121. The Hall–Kier alpha value is -3.08. The molecule has 0 radical (unpaired) electrons. The first-order chi connectivity index (χ1) is 15.3. The minimum atomic E-state index is -0.430. The minimum absolute atomic E-state index is 0.115. The molecular weight excluding hydrogens is 404 g/mol. The highest BCUT2D eigenvalue weighted by Crippen LogP contribution is 2.31. The van der Waals surface area contributed by atoms with Crippen molar-refractivity contribution in [3.05, 3.63) is 64.4 Å². The van der Waals surface area contributed by atoms with Crippen LogP contribution in [-0.2, 0) is 16.0 Å². The Morgan fingerprint density at radius 1 is 1.03 bits per heavy atom. The Morgan fingerprint density at radius 2 is 1.59 bits per heavy atom. The summed E-state index contributed by atoms with van der Waals surface area (Å²) in [6, 6.07) is 10.5. The third kappa shape index (κ3) is 6.22. The van der Waals surface area contributed by atoms with Crippen LogP contribution in [0.3, 0.4) is 0 Å². The van der Waals surface area contributed by atoms with Crippen LogP contribution in [0.5, 0.6) is 5.75 Å². The van der Waals surface area contributed by atoms with Crippen LogP contribution in [-0.4, -0.2) is 23.0 Å². The van der Waals surface area contributed by atoms with Gasteiger partial charge in [-0.2, -0.15) is 0 Å². The number of phenolic OH excluding ortho intramolecular Hbond substituents is 1. The third-order valence-corrected chi connectivity index (χ3v) is 4.86. The smallest absolute Gasteiger partial charge is 0.313 e. The number of phenols is 1. The minimum Gasteiger partial charge on any atom is -0.507 e. The standard InChI is InChI=1S/C23H24O5.2C2H6/c1-5-15(4)27-20(24)12-19-21(17-8-6-7-9-18(17)28-19)23(26)16-10-13(2)22(25)14(3)11-16;2*1-2/h6-11,15,25H,5,12H2,1-4H3;2*1-2H3/t15-;;/m0../s1. The normalized spacial score (nSPS) is 11.0. The average molecular weight is 441 g/mol. The summed E-state index contributed by atoms with van der Waals surface area (Å²) in [6.45, 7) is 15.3. The van der Waals surface area contributed by atoms with Crippen molar-refractivity contribution in [2.45, 2.75) is 74.3 Å². The number of carbonyl (C=O) groups excluding carboxylic acids is 2. The van der Waals surface area contributed by atoms with Crippen LogP contribution in [0.2, 0.25) is 0 Å². The van der Waals surface area contributed by atoms with E-state index in [0.717, 1.165) is 0 Å². The van der Waals surface area contributed by atoms with Gasteiger partial charge >= 0.3 is 5.97 Å². The van der Waals surface area contributed by atoms with E-state index in [9.17, 15) is 14.7 Å². The molecule has 0 unspecified atom stereocenters. The maximum Gasteiger partial charge on any atom is 0.313 e. The quantitative estimate of drug-likeness (QED) is 0.332. The molecular formula is C27H36O5. The molecule has 0 bridgehead atoms. The van der Waals surface area contributed by atoms with Gasteiger partial charge in [-0.3, -0.25) is 9.59 Å². The molecule has 0 aliphatic heterocycles. The highest BCUT2D eigenvalue weighted by Gasteiger charge is 2.25. The molecule has 32 heavy (non-hydrogen) atoms. The van der Waals surface area contributed by atoms with Crippen molar-refractivity contribution in [1.82, 2.24) is 0 Å². The molecule has 1 N–H and O–H groups in total. The summed E-state index contributed by atoms with van der Waals surface area (Å²) in [7, 11) is 0. The van der Waals surface area contributed by atoms with Crippen molar-refractivity contribution >= 4 is 22.7 Å². The molecule has 2 aromatic carbocycles. The van der Waals surface area contributed by atoms with Crippen LogP contribution < -0.4 is 0 Å². The molecule has 0 aliphatic carbocycles. The van der Waals surface area contributed by atoms with Crippen LogP contribution in [0.4, 0.5) is 0 Å². The zero-order valence-corrected chi connectivity index (χ0v) is 20.5. The van der Waals surface area contributed by atoms with Crippen molar-refractivity contribution in [3.8, 4) is 5.75 Å². The summed E-state index contributed by atoms with van der Waals surface area (Å²) in [5.41, 5.74) is 2.59. The fraction of sp³-hybridized carbons (Fsp3) is 0.407. The highest BCUT2D eigenvalue weighted by molar-refractivity contribution is 6.17. The van der Waals surface area contributed by atoms with Crippen LogP contribution >= 0.6 is 0 Å². The first-order valence-corrected chi connectivity index (χ1v) is 11.4. The van der Waals surface area contributed by atoms with Gasteiger partial charge in [0.1, 0.15) is 23.5 Å². The molecule has 1 heterocycles. The zero-order chi connectivity index (χ0) is 24.4. The van der Waals surface area contributed by atoms with Gasteiger partial charge in [0.25, 0.3) is 0 Å². The number of para-hydroxylation sites is 1. The molecule has 0 aliphatic rings. The van der Waals surface area contributed by atoms with Gasteiger partial charge in [0.05, 0.1) is 11.7 Å². The van der Waals surface area contributed by atoms with Crippen LogP contribution in [0.1, 0.15) is 80.8 Å². The molecule has 3 aromatic rings. The van der Waals surface area contributed by atoms with Gasteiger partial charge < -0.3 is 14.3 Å². The first kappa shape index (κ1) is 27.0. The number of aromatic hydroxyl groups is 1. The summed E-state index contributed by atoms with van der Waals surface area (Å²) in [5.74, 6) is -0.211. The number of carbonyl (C=O) groups is 2. The van der Waals surface area contributed by atoms with Crippen molar-refractivity contribution in [2.24, 2.45) is 0 Å². The van der Waals surface area contributed by atoms with Crippen molar-refractivity contribution < 1.29 is 23.8 Å². The van der Waals surface area contributed by atoms with E-state index in [0.29, 0.717) is 45.4 Å². The van der Waals surface area contributed by atoms with E-state index in [-0.39, 0.29) is 24.1 Å². The zero-order valence-electron chi connectivity index (χ0n) is 20.5. The summed E-state index contributed by atoms with van der Waals surface area (Å²) in [5, 5.41) is 10.7. The lowest BCUT2D eigenvalue weighted by molar-refractivity contribution is -0.147. The molecule has 0 saturated carbocycles. The average Bonchev–Trinajstić information content (AvgIpc) is 3.16. The number of benzene rings is 2. The van der Waals surface area contributed by atoms with Crippen molar-refractivity contribution in [1.29, 1.82) is 0 Å². The fourth-order valence-electron chi connectivity index (χ4n) is 3.18. The molecule has 0 fully saturated rings. The predicted molar refractivity (Wildman–Crippen MR) is 129 cm³/mol. The summed E-state index contributed by atoms with van der Waals surface area (Å²) in [4.78, 5) is 25.6. The highest BCUT2D eigenvalue weighted by atomic mass is 16.5. The molecule has 1 atom stereocenters. The maximum absolute atomic E-state index is 13.3. The summed E-state index contributed by atoms with van der Waals surface area (Å²) in [6.07, 6.45) is 0.401. The molecule has 174 valence electrons. The Bertz CT molecular complexity index is 1020. The molecule has 0 amide bonds. The monoisotopic (exact) mass is 440 g/mol. The second-order valence-electron chi connectivity index (χ2n) is 7.07. The van der Waals surface area contributed by atoms with E-state index in [2.05, 4.69) is 0 Å². The second-order valence-corrected chi connectivity index (χ2v) is 7.07. The van der Waals surface area contributed by atoms with Crippen molar-refractivity contribution in [3.63, 3.8) is 0 Å². The molecule has 5 heteroatoms. The predicted octanol–water partition coefficient (Wildman–Crippen LogP) is 6.92. The van der Waals surface area contributed by atoms with Crippen LogP contribution in [0.15, 0.2) is 40.8 Å². The van der Waals surface area contributed by atoms with Crippen LogP contribution in [0, 0.1) is 13.8 Å². The Morgan fingerprint density at radius 3 is 2.16 bits per heavy atom. The maximum atomic E-state index is 13.3. The summed E-state index contributed by atoms with van der Waals surface area (Å²) >= 11 is 0. The third-order valence-electron chi connectivity index (χ3n) is 4.86. The number of ether oxygens (including phenoxy) is 1. The summed E-state index contributed by atoms with van der Waals surface area (Å²) < 4.78 is 11.2. The number of hydrogen-bond donors (Lipinski definition) is 1. The first-order valence-electron chi connectivity index (χ1n) is 11.4.